The highest BCUT2D eigenvalue weighted by molar-refractivity contribution is 7.09. The molecule has 0 radical (unpaired) electrons. The molecule has 2 atom stereocenters. The van der Waals surface area contributed by atoms with Gasteiger partial charge in [-0.2, -0.15) is 5.10 Å². The van der Waals surface area contributed by atoms with Crippen molar-refractivity contribution >= 4 is 17.2 Å². The van der Waals surface area contributed by atoms with Crippen molar-refractivity contribution in [2.24, 2.45) is 0 Å². The van der Waals surface area contributed by atoms with Crippen LogP contribution in [0.5, 0.6) is 0 Å². The Hall–Kier alpha value is -1.76. The van der Waals surface area contributed by atoms with Gasteiger partial charge >= 0.3 is 0 Å². The molecule has 1 saturated heterocycles. The van der Waals surface area contributed by atoms with E-state index in [1.807, 2.05) is 17.2 Å². The van der Waals surface area contributed by atoms with Crippen LogP contribution in [0.3, 0.4) is 0 Å². The second-order valence-corrected chi connectivity index (χ2v) is 5.89. The van der Waals surface area contributed by atoms with Gasteiger partial charge in [-0.05, 0) is 26.2 Å². The van der Waals surface area contributed by atoms with Gasteiger partial charge in [0.25, 0.3) is 0 Å². The Kier molecular flexibility index (Phi) is 3.77. The Labute approximate surface area is 121 Å². The van der Waals surface area contributed by atoms with E-state index in [4.69, 9.17) is 0 Å². The minimum atomic E-state index is -0.321. The van der Waals surface area contributed by atoms with Crippen molar-refractivity contribution < 1.29 is 4.79 Å². The maximum atomic E-state index is 12.7. The number of nitrogens with zero attached hydrogens (tertiary/aromatic N) is 5. The van der Waals surface area contributed by atoms with Gasteiger partial charge in [0, 0.05) is 18.1 Å². The molecule has 1 amide bonds. The Morgan fingerprint density at radius 1 is 1.50 bits per heavy atom. The van der Waals surface area contributed by atoms with Gasteiger partial charge in [0.1, 0.15) is 23.7 Å². The van der Waals surface area contributed by atoms with Crippen LogP contribution in [0.4, 0.5) is 0 Å². The fraction of sp³-hybridized carbons (Fsp3) is 0.538. The van der Waals surface area contributed by atoms with Crippen LogP contribution < -0.4 is 0 Å². The van der Waals surface area contributed by atoms with E-state index in [1.54, 1.807) is 28.5 Å². The fourth-order valence-electron chi connectivity index (χ4n) is 2.62. The lowest BCUT2D eigenvalue weighted by atomic mass is 10.0. The Balaban J connectivity index is 1.81. The summed E-state index contributed by atoms with van der Waals surface area (Å²) in [7, 11) is 0. The Bertz CT molecular complexity index is 553. The van der Waals surface area contributed by atoms with E-state index in [1.165, 1.54) is 6.33 Å². The van der Waals surface area contributed by atoms with Crippen LogP contribution in [0.2, 0.25) is 0 Å². The third-order valence-corrected chi connectivity index (χ3v) is 4.59. The number of likely N-dealkylation sites (tertiary alicyclic amines) is 1. The maximum absolute atomic E-state index is 12.7. The predicted octanol–water partition coefficient (Wildman–Crippen LogP) is 2.05. The van der Waals surface area contributed by atoms with Gasteiger partial charge in [0.15, 0.2) is 0 Å². The molecular weight excluding hydrogens is 274 g/mol. The first-order valence-corrected chi connectivity index (χ1v) is 7.69. The highest BCUT2D eigenvalue weighted by Gasteiger charge is 2.32. The first-order valence-electron chi connectivity index (χ1n) is 6.81. The summed E-state index contributed by atoms with van der Waals surface area (Å²) in [5, 5.41) is 7.06. The molecular formula is C13H17N5OS. The normalized spacial score (nSPS) is 20.9. The van der Waals surface area contributed by atoms with Gasteiger partial charge in [-0.3, -0.25) is 4.79 Å². The summed E-state index contributed by atoms with van der Waals surface area (Å²) in [6.45, 7) is 2.66. The molecule has 0 unspecified atom stereocenters. The van der Waals surface area contributed by atoms with Crippen LogP contribution in [-0.4, -0.2) is 37.1 Å². The smallest absolute Gasteiger partial charge is 0.247 e. The largest absolute Gasteiger partial charge is 0.331 e. The van der Waals surface area contributed by atoms with Crippen LogP contribution in [0.1, 0.15) is 43.3 Å². The molecule has 0 spiro atoms. The molecule has 2 aromatic rings. The molecule has 0 saturated carbocycles. The number of thiazole rings is 1. The van der Waals surface area contributed by atoms with Crippen LogP contribution in [0, 0.1) is 0 Å². The maximum Gasteiger partial charge on any atom is 0.247 e. The summed E-state index contributed by atoms with van der Waals surface area (Å²) in [6.07, 6.45) is 8.04. The fourth-order valence-corrected chi connectivity index (χ4v) is 3.41. The lowest BCUT2D eigenvalue weighted by Crippen LogP contribution is -2.42. The van der Waals surface area contributed by atoms with Crippen LogP contribution in [0.25, 0.3) is 0 Å². The van der Waals surface area contributed by atoms with Crippen LogP contribution >= 0.6 is 11.3 Å². The van der Waals surface area contributed by atoms with E-state index in [2.05, 4.69) is 15.1 Å². The number of piperidine rings is 1. The molecule has 0 bridgehead atoms. The van der Waals surface area contributed by atoms with Gasteiger partial charge in [0.2, 0.25) is 5.91 Å². The predicted molar refractivity (Wildman–Crippen MR) is 75.2 cm³/mol. The zero-order valence-corrected chi connectivity index (χ0v) is 12.2. The van der Waals surface area contributed by atoms with E-state index < -0.39 is 0 Å². The standard InChI is InChI=1S/C13H17N5OS/c1-10(18-9-14-8-16-18)13(19)17-6-3-2-4-11(17)12-15-5-7-20-12/h5,7-11H,2-4,6H2,1H3/t10-,11+/m1/s1. The van der Waals surface area contributed by atoms with Gasteiger partial charge in [-0.1, -0.05) is 0 Å². The van der Waals surface area contributed by atoms with Crippen molar-refractivity contribution in [2.75, 3.05) is 6.54 Å². The molecule has 0 aromatic carbocycles. The van der Waals surface area contributed by atoms with E-state index in [0.29, 0.717) is 0 Å². The van der Waals surface area contributed by atoms with Gasteiger partial charge in [-0.25, -0.2) is 14.6 Å². The highest BCUT2D eigenvalue weighted by Crippen LogP contribution is 2.33. The average Bonchev–Trinajstić information content (AvgIpc) is 3.18. The van der Waals surface area contributed by atoms with Gasteiger partial charge in [-0.15, -0.1) is 11.3 Å². The Morgan fingerprint density at radius 3 is 3.10 bits per heavy atom. The molecule has 0 aliphatic carbocycles. The summed E-state index contributed by atoms with van der Waals surface area (Å²) in [5.74, 6) is 0.0930. The third-order valence-electron chi connectivity index (χ3n) is 3.71. The molecule has 1 aliphatic heterocycles. The minimum absolute atomic E-state index is 0.0930. The van der Waals surface area contributed by atoms with Gasteiger partial charge < -0.3 is 4.90 Å². The van der Waals surface area contributed by atoms with E-state index in [-0.39, 0.29) is 18.0 Å². The van der Waals surface area contributed by atoms with Crippen LogP contribution in [0.15, 0.2) is 24.2 Å². The molecule has 106 valence electrons. The van der Waals surface area contributed by atoms with E-state index >= 15 is 0 Å². The first-order chi connectivity index (χ1) is 9.77. The topological polar surface area (TPSA) is 63.9 Å². The van der Waals surface area contributed by atoms with Crippen molar-refractivity contribution in [3.8, 4) is 0 Å². The second-order valence-electron chi connectivity index (χ2n) is 4.97. The average molecular weight is 291 g/mol. The van der Waals surface area contributed by atoms with E-state index in [0.717, 1.165) is 30.8 Å². The van der Waals surface area contributed by atoms with E-state index in [9.17, 15) is 4.79 Å². The summed E-state index contributed by atoms with van der Waals surface area (Å²) < 4.78 is 1.61. The summed E-state index contributed by atoms with van der Waals surface area (Å²) in [6, 6.07) is -0.208. The number of amides is 1. The lowest BCUT2D eigenvalue weighted by Gasteiger charge is -2.36. The third kappa shape index (κ3) is 2.45. The minimum Gasteiger partial charge on any atom is -0.331 e. The van der Waals surface area contributed by atoms with Crippen molar-refractivity contribution in [3.05, 3.63) is 29.2 Å². The second kappa shape index (κ2) is 5.70. The Morgan fingerprint density at radius 2 is 2.40 bits per heavy atom. The molecule has 2 aromatic heterocycles. The number of aromatic nitrogens is 4. The lowest BCUT2D eigenvalue weighted by molar-refractivity contribution is -0.138. The van der Waals surface area contributed by atoms with Crippen molar-refractivity contribution in [1.82, 2.24) is 24.6 Å². The zero-order chi connectivity index (χ0) is 13.9. The first kappa shape index (κ1) is 13.2. The monoisotopic (exact) mass is 291 g/mol. The number of carbonyl (C=O) groups excluding carboxylic acids is 1. The molecule has 1 fully saturated rings. The van der Waals surface area contributed by atoms with Crippen molar-refractivity contribution in [1.29, 1.82) is 0 Å². The zero-order valence-electron chi connectivity index (χ0n) is 11.3. The molecule has 3 rings (SSSR count). The number of carbonyl (C=O) groups is 1. The highest BCUT2D eigenvalue weighted by atomic mass is 32.1. The van der Waals surface area contributed by atoms with Crippen LogP contribution in [-0.2, 0) is 4.79 Å². The summed E-state index contributed by atoms with van der Waals surface area (Å²) >= 11 is 1.62. The molecule has 7 heteroatoms. The van der Waals surface area contributed by atoms with Gasteiger partial charge in [0.05, 0.1) is 6.04 Å². The van der Waals surface area contributed by atoms with Crippen molar-refractivity contribution in [3.63, 3.8) is 0 Å². The number of rotatable bonds is 3. The molecule has 6 nitrogen and oxygen atoms in total. The SMILES string of the molecule is C[C@H](C(=O)N1CCCC[C@H]1c1nccs1)n1cncn1. The molecule has 20 heavy (non-hydrogen) atoms. The summed E-state index contributed by atoms with van der Waals surface area (Å²) in [5.41, 5.74) is 0. The molecule has 0 N–H and O–H groups in total. The summed E-state index contributed by atoms with van der Waals surface area (Å²) in [4.78, 5) is 23.0. The molecule has 1 aliphatic rings. The molecule has 3 heterocycles. The quantitative estimate of drug-likeness (QED) is 0.868. The number of hydrogen-bond acceptors (Lipinski definition) is 5. The number of hydrogen-bond donors (Lipinski definition) is 0. The van der Waals surface area contributed by atoms with Crippen molar-refractivity contribution in [2.45, 2.75) is 38.3 Å².